The van der Waals surface area contributed by atoms with Crippen LogP contribution in [0.25, 0.3) is 0 Å². The van der Waals surface area contributed by atoms with Crippen LogP contribution in [0.2, 0.25) is 0 Å². The predicted octanol–water partition coefficient (Wildman–Crippen LogP) is 3.27. The maximum Gasteiger partial charge on any atom is 0.223 e. The second-order valence-corrected chi connectivity index (χ2v) is 7.58. The van der Waals surface area contributed by atoms with E-state index >= 15 is 0 Å². The number of carbonyl (C=O) groups excluding carboxylic acids is 1. The zero-order chi connectivity index (χ0) is 14.5. The van der Waals surface area contributed by atoms with Crippen molar-refractivity contribution in [1.82, 2.24) is 10.2 Å². The van der Waals surface area contributed by atoms with E-state index in [0.29, 0.717) is 17.7 Å². The summed E-state index contributed by atoms with van der Waals surface area (Å²) in [5.74, 6) is 1.24. The lowest BCUT2D eigenvalue weighted by Crippen LogP contribution is -2.41. The van der Waals surface area contributed by atoms with Crippen LogP contribution in [-0.2, 0) is 11.3 Å². The van der Waals surface area contributed by atoms with Crippen LogP contribution in [0.5, 0.6) is 0 Å². The minimum absolute atomic E-state index is 0.302. The minimum Gasteiger partial charge on any atom is -0.356 e. The summed E-state index contributed by atoms with van der Waals surface area (Å²) < 4.78 is 0. The maximum atomic E-state index is 12.1. The molecule has 1 aromatic heterocycles. The molecule has 1 unspecified atom stereocenters. The molecular formula is C17H26N2OS. The van der Waals surface area contributed by atoms with Crippen LogP contribution in [0.3, 0.4) is 0 Å². The first-order valence-electron chi connectivity index (χ1n) is 8.33. The topological polar surface area (TPSA) is 32.3 Å². The van der Waals surface area contributed by atoms with Gasteiger partial charge in [0.15, 0.2) is 0 Å². The van der Waals surface area contributed by atoms with E-state index in [0.717, 1.165) is 32.5 Å². The van der Waals surface area contributed by atoms with E-state index in [2.05, 4.69) is 27.7 Å². The highest BCUT2D eigenvalue weighted by Crippen LogP contribution is 2.25. The molecule has 1 aliphatic heterocycles. The monoisotopic (exact) mass is 306 g/mol. The highest BCUT2D eigenvalue weighted by molar-refractivity contribution is 7.09. The third-order valence-electron chi connectivity index (χ3n) is 4.85. The molecule has 1 aliphatic carbocycles. The summed E-state index contributed by atoms with van der Waals surface area (Å²) >= 11 is 1.84. The smallest absolute Gasteiger partial charge is 0.223 e. The van der Waals surface area contributed by atoms with E-state index in [1.54, 1.807) is 0 Å². The molecule has 3 nitrogen and oxygen atoms in total. The molecule has 1 saturated heterocycles. The average Bonchev–Trinajstić information content (AvgIpc) is 3.18. The van der Waals surface area contributed by atoms with Crippen molar-refractivity contribution in [2.24, 2.45) is 11.8 Å². The molecule has 0 bridgehead atoms. The number of nitrogens with one attached hydrogen (secondary N) is 1. The number of likely N-dealkylation sites (tertiary alicyclic amines) is 1. The molecule has 1 N–H and O–H groups in total. The van der Waals surface area contributed by atoms with E-state index in [9.17, 15) is 4.79 Å². The number of hydrogen-bond donors (Lipinski definition) is 1. The molecule has 1 atom stereocenters. The summed E-state index contributed by atoms with van der Waals surface area (Å²) in [6.07, 6.45) is 7.18. The predicted molar refractivity (Wildman–Crippen MR) is 87.3 cm³/mol. The van der Waals surface area contributed by atoms with Crippen LogP contribution >= 0.6 is 11.3 Å². The molecule has 21 heavy (non-hydrogen) atoms. The average molecular weight is 306 g/mol. The molecule has 3 rings (SSSR count). The molecule has 4 heteroatoms. The molecule has 0 aromatic carbocycles. The van der Waals surface area contributed by atoms with Crippen molar-refractivity contribution in [3.05, 3.63) is 22.4 Å². The summed E-state index contributed by atoms with van der Waals surface area (Å²) in [6.45, 7) is 4.27. The van der Waals surface area contributed by atoms with Crippen LogP contribution in [0.15, 0.2) is 17.5 Å². The van der Waals surface area contributed by atoms with Crippen molar-refractivity contribution in [2.75, 3.05) is 19.6 Å². The molecule has 2 aliphatic rings. The van der Waals surface area contributed by atoms with Gasteiger partial charge in [0, 0.05) is 30.4 Å². The van der Waals surface area contributed by atoms with E-state index in [-0.39, 0.29) is 0 Å². The number of thiophene rings is 1. The van der Waals surface area contributed by atoms with Gasteiger partial charge >= 0.3 is 0 Å². The Morgan fingerprint density at radius 2 is 2.14 bits per heavy atom. The van der Waals surface area contributed by atoms with Crippen molar-refractivity contribution in [3.8, 4) is 0 Å². The summed E-state index contributed by atoms with van der Waals surface area (Å²) in [5.41, 5.74) is 0. The van der Waals surface area contributed by atoms with Crippen molar-refractivity contribution in [1.29, 1.82) is 0 Å². The van der Waals surface area contributed by atoms with Gasteiger partial charge in [0.1, 0.15) is 0 Å². The Labute approximate surface area is 131 Å². The van der Waals surface area contributed by atoms with Gasteiger partial charge in [-0.15, -0.1) is 11.3 Å². The number of nitrogens with zero attached hydrogens (tertiary/aromatic N) is 1. The Bertz CT molecular complexity index is 440. The van der Waals surface area contributed by atoms with Crippen LogP contribution < -0.4 is 5.32 Å². The summed E-state index contributed by atoms with van der Waals surface area (Å²) in [6, 6.07) is 4.35. The van der Waals surface area contributed by atoms with Gasteiger partial charge in [-0.3, -0.25) is 9.69 Å². The Kier molecular flexibility index (Phi) is 5.31. The lowest BCUT2D eigenvalue weighted by molar-refractivity contribution is -0.125. The molecule has 1 amide bonds. The van der Waals surface area contributed by atoms with Gasteiger partial charge in [0.2, 0.25) is 5.91 Å². The number of hydrogen-bond acceptors (Lipinski definition) is 3. The number of rotatable bonds is 5. The first kappa shape index (κ1) is 15.0. The molecule has 2 heterocycles. The standard InChI is InChI=1S/C17H26N2OS/c20-17(15-6-1-2-7-15)18-11-14-5-3-9-19(12-14)13-16-8-4-10-21-16/h4,8,10,14-15H,1-3,5-7,9,11-13H2,(H,18,20). The highest BCUT2D eigenvalue weighted by Gasteiger charge is 2.25. The SMILES string of the molecule is O=C(NCC1CCCN(Cc2cccs2)C1)C1CCCC1. The number of amides is 1. The lowest BCUT2D eigenvalue weighted by Gasteiger charge is -2.32. The van der Waals surface area contributed by atoms with Gasteiger partial charge in [-0.25, -0.2) is 0 Å². The second-order valence-electron chi connectivity index (χ2n) is 6.55. The fraction of sp³-hybridized carbons (Fsp3) is 0.706. The Morgan fingerprint density at radius 3 is 2.90 bits per heavy atom. The van der Waals surface area contributed by atoms with Crippen molar-refractivity contribution in [3.63, 3.8) is 0 Å². The second kappa shape index (κ2) is 7.41. The summed E-state index contributed by atoms with van der Waals surface area (Å²) in [7, 11) is 0. The van der Waals surface area contributed by atoms with Gasteiger partial charge in [-0.2, -0.15) is 0 Å². The minimum atomic E-state index is 0.302. The highest BCUT2D eigenvalue weighted by atomic mass is 32.1. The van der Waals surface area contributed by atoms with Crippen LogP contribution in [0.4, 0.5) is 0 Å². The zero-order valence-corrected chi connectivity index (χ0v) is 13.5. The van der Waals surface area contributed by atoms with E-state index < -0.39 is 0 Å². The van der Waals surface area contributed by atoms with E-state index in [1.807, 2.05) is 11.3 Å². The largest absolute Gasteiger partial charge is 0.356 e. The zero-order valence-electron chi connectivity index (χ0n) is 12.7. The molecule has 1 aromatic rings. The Balaban J connectivity index is 1.42. The van der Waals surface area contributed by atoms with Crippen molar-refractivity contribution in [2.45, 2.75) is 45.1 Å². The Hall–Kier alpha value is -0.870. The van der Waals surface area contributed by atoms with E-state index in [4.69, 9.17) is 0 Å². The lowest BCUT2D eigenvalue weighted by atomic mass is 9.97. The summed E-state index contributed by atoms with van der Waals surface area (Å²) in [4.78, 5) is 16.1. The van der Waals surface area contributed by atoms with Gasteiger partial charge in [0.05, 0.1) is 0 Å². The number of carbonyl (C=O) groups is 1. The van der Waals surface area contributed by atoms with Crippen LogP contribution in [-0.4, -0.2) is 30.4 Å². The maximum absolute atomic E-state index is 12.1. The van der Waals surface area contributed by atoms with E-state index in [1.165, 1.54) is 37.1 Å². The van der Waals surface area contributed by atoms with Crippen molar-refractivity contribution >= 4 is 17.2 Å². The molecule has 0 spiro atoms. The summed E-state index contributed by atoms with van der Waals surface area (Å²) in [5, 5.41) is 5.36. The van der Waals surface area contributed by atoms with Gasteiger partial charge in [0.25, 0.3) is 0 Å². The first-order valence-corrected chi connectivity index (χ1v) is 9.21. The first-order chi connectivity index (χ1) is 10.3. The Morgan fingerprint density at radius 1 is 1.29 bits per heavy atom. The van der Waals surface area contributed by atoms with Gasteiger partial charge < -0.3 is 5.32 Å². The van der Waals surface area contributed by atoms with Crippen LogP contribution in [0, 0.1) is 11.8 Å². The quantitative estimate of drug-likeness (QED) is 0.905. The van der Waals surface area contributed by atoms with Gasteiger partial charge in [-0.05, 0) is 49.6 Å². The molecule has 1 saturated carbocycles. The third kappa shape index (κ3) is 4.30. The molecule has 2 fully saturated rings. The molecule has 116 valence electrons. The number of piperidine rings is 1. The van der Waals surface area contributed by atoms with Gasteiger partial charge in [-0.1, -0.05) is 18.9 Å². The fourth-order valence-electron chi connectivity index (χ4n) is 3.66. The van der Waals surface area contributed by atoms with Crippen LogP contribution in [0.1, 0.15) is 43.4 Å². The fourth-order valence-corrected chi connectivity index (χ4v) is 4.41. The normalized spacial score (nSPS) is 24.3. The molecular weight excluding hydrogens is 280 g/mol. The van der Waals surface area contributed by atoms with Crippen molar-refractivity contribution < 1.29 is 4.79 Å². The third-order valence-corrected chi connectivity index (χ3v) is 5.71. The molecule has 0 radical (unpaired) electrons.